The van der Waals surface area contributed by atoms with Crippen molar-refractivity contribution in [2.45, 2.75) is 26.7 Å². The van der Waals surface area contributed by atoms with Crippen LogP contribution in [0.2, 0.25) is 0 Å². The summed E-state index contributed by atoms with van der Waals surface area (Å²) in [5, 5.41) is 3.46. The van der Waals surface area contributed by atoms with Crippen LogP contribution >= 0.6 is 0 Å². The molecule has 1 aliphatic heterocycles. The zero-order chi connectivity index (χ0) is 12.1. The fourth-order valence-electron chi connectivity index (χ4n) is 2.40. The number of hydrogen-bond acceptors (Lipinski definition) is 3. The van der Waals surface area contributed by atoms with Gasteiger partial charge in [0.15, 0.2) is 0 Å². The quantitative estimate of drug-likeness (QED) is 0.866. The SMILES string of the molecule is CCN1CCC(CNc2cccc(C)n2)CC1. The van der Waals surface area contributed by atoms with Crippen LogP contribution in [0.5, 0.6) is 0 Å². The molecule has 2 rings (SSSR count). The van der Waals surface area contributed by atoms with Crippen molar-refractivity contribution in [2.24, 2.45) is 5.92 Å². The topological polar surface area (TPSA) is 28.2 Å². The minimum Gasteiger partial charge on any atom is -0.370 e. The molecule has 1 fully saturated rings. The molecule has 1 N–H and O–H groups in total. The van der Waals surface area contributed by atoms with Gasteiger partial charge in [0.25, 0.3) is 0 Å². The second-order valence-electron chi connectivity index (χ2n) is 4.92. The first-order chi connectivity index (χ1) is 8.28. The van der Waals surface area contributed by atoms with Crippen LogP contribution in [0.25, 0.3) is 0 Å². The molecule has 1 saturated heterocycles. The van der Waals surface area contributed by atoms with Gasteiger partial charge in [-0.15, -0.1) is 0 Å². The fourth-order valence-corrected chi connectivity index (χ4v) is 2.40. The van der Waals surface area contributed by atoms with E-state index >= 15 is 0 Å². The number of nitrogens with zero attached hydrogens (tertiary/aromatic N) is 2. The van der Waals surface area contributed by atoms with Crippen molar-refractivity contribution in [1.82, 2.24) is 9.88 Å². The number of nitrogens with one attached hydrogen (secondary N) is 1. The Bertz CT molecular complexity index is 343. The first kappa shape index (κ1) is 12.4. The van der Waals surface area contributed by atoms with Crippen LogP contribution in [0.15, 0.2) is 18.2 Å². The molecule has 0 aliphatic carbocycles. The maximum atomic E-state index is 4.47. The molecule has 2 heterocycles. The Hall–Kier alpha value is -1.09. The molecule has 0 aromatic carbocycles. The van der Waals surface area contributed by atoms with Crippen molar-refractivity contribution in [3.8, 4) is 0 Å². The van der Waals surface area contributed by atoms with E-state index in [9.17, 15) is 0 Å². The van der Waals surface area contributed by atoms with Gasteiger partial charge in [0.2, 0.25) is 0 Å². The molecular formula is C14H23N3. The Balaban J connectivity index is 1.76. The van der Waals surface area contributed by atoms with Gasteiger partial charge in [0.05, 0.1) is 0 Å². The van der Waals surface area contributed by atoms with E-state index in [0.717, 1.165) is 24.0 Å². The predicted octanol–water partition coefficient (Wildman–Crippen LogP) is 2.53. The highest BCUT2D eigenvalue weighted by Crippen LogP contribution is 2.17. The molecule has 0 bridgehead atoms. The van der Waals surface area contributed by atoms with Crippen molar-refractivity contribution < 1.29 is 0 Å². The minimum atomic E-state index is 0.806. The Kier molecular flexibility index (Phi) is 4.37. The monoisotopic (exact) mass is 233 g/mol. The smallest absolute Gasteiger partial charge is 0.126 e. The van der Waals surface area contributed by atoms with E-state index in [0.29, 0.717) is 0 Å². The van der Waals surface area contributed by atoms with E-state index in [-0.39, 0.29) is 0 Å². The highest BCUT2D eigenvalue weighted by atomic mass is 15.1. The molecular weight excluding hydrogens is 210 g/mol. The Labute approximate surface area is 104 Å². The van der Waals surface area contributed by atoms with Crippen LogP contribution in [0, 0.1) is 12.8 Å². The molecule has 0 unspecified atom stereocenters. The molecule has 0 amide bonds. The van der Waals surface area contributed by atoms with Gasteiger partial charge < -0.3 is 10.2 Å². The Morgan fingerprint density at radius 1 is 1.35 bits per heavy atom. The lowest BCUT2D eigenvalue weighted by molar-refractivity contribution is 0.198. The van der Waals surface area contributed by atoms with Crippen molar-refractivity contribution >= 4 is 5.82 Å². The highest BCUT2D eigenvalue weighted by Gasteiger charge is 2.17. The molecule has 0 atom stereocenters. The summed E-state index contributed by atoms with van der Waals surface area (Å²) in [6.45, 7) is 9.04. The molecule has 3 nitrogen and oxygen atoms in total. The third-order valence-corrected chi connectivity index (χ3v) is 3.61. The maximum absolute atomic E-state index is 4.47. The Morgan fingerprint density at radius 2 is 2.12 bits per heavy atom. The summed E-state index contributed by atoms with van der Waals surface area (Å²) in [5.74, 6) is 1.82. The van der Waals surface area contributed by atoms with Crippen LogP contribution in [0.3, 0.4) is 0 Å². The van der Waals surface area contributed by atoms with Gasteiger partial charge >= 0.3 is 0 Å². The number of pyridine rings is 1. The number of piperidine rings is 1. The zero-order valence-corrected chi connectivity index (χ0v) is 10.9. The molecule has 1 aliphatic rings. The van der Waals surface area contributed by atoms with Gasteiger partial charge in [-0.05, 0) is 57.5 Å². The van der Waals surface area contributed by atoms with E-state index in [4.69, 9.17) is 0 Å². The van der Waals surface area contributed by atoms with Gasteiger partial charge in [-0.25, -0.2) is 4.98 Å². The van der Waals surface area contributed by atoms with Crippen LogP contribution in [0.4, 0.5) is 5.82 Å². The maximum Gasteiger partial charge on any atom is 0.126 e. The molecule has 1 aromatic heterocycles. The second kappa shape index (κ2) is 6.01. The number of aryl methyl sites for hydroxylation is 1. The van der Waals surface area contributed by atoms with Crippen LogP contribution in [-0.2, 0) is 0 Å². The number of aromatic nitrogens is 1. The third kappa shape index (κ3) is 3.70. The van der Waals surface area contributed by atoms with Gasteiger partial charge in [-0.2, -0.15) is 0 Å². The largest absolute Gasteiger partial charge is 0.370 e. The summed E-state index contributed by atoms with van der Waals surface area (Å²) in [4.78, 5) is 7.00. The molecule has 17 heavy (non-hydrogen) atoms. The lowest BCUT2D eigenvalue weighted by Gasteiger charge is -2.31. The van der Waals surface area contributed by atoms with Gasteiger partial charge in [-0.1, -0.05) is 13.0 Å². The van der Waals surface area contributed by atoms with Gasteiger partial charge in [0.1, 0.15) is 5.82 Å². The van der Waals surface area contributed by atoms with E-state index < -0.39 is 0 Å². The van der Waals surface area contributed by atoms with E-state index in [2.05, 4.69) is 28.2 Å². The summed E-state index contributed by atoms with van der Waals surface area (Å²) in [7, 11) is 0. The first-order valence-electron chi connectivity index (χ1n) is 6.68. The number of rotatable bonds is 4. The first-order valence-corrected chi connectivity index (χ1v) is 6.68. The molecule has 3 heteroatoms. The predicted molar refractivity (Wildman–Crippen MR) is 72.3 cm³/mol. The second-order valence-corrected chi connectivity index (χ2v) is 4.92. The van der Waals surface area contributed by atoms with Crippen molar-refractivity contribution in [3.05, 3.63) is 23.9 Å². The molecule has 0 radical (unpaired) electrons. The normalized spacial score (nSPS) is 18.2. The standard InChI is InChI=1S/C14H23N3/c1-3-17-9-7-13(8-10-17)11-15-14-6-4-5-12(2)16-14/h4-6,13H,3,7-11H2,1-2H3,(H,15,16). The minimum absolute atomic E-state index is 0.806. The summed E-state index contributed by atoms with van der Waals surface area (Å²) >= 11 is 0. The average molecular weight is 233 g/mol. The molecule has 0 saturated carbocycles. The van der Waals surface area contributed by atoms with E-state index in [1.807, 2.05) is 19.1 Å². The summed E-state index contributed by atoms with van der Waals surface area (Å²) < 4.78 is 0. The fraction of sp³-hybridized carbons (Fsp3) is 0.643. The zero-order valence-electron chi connectivity index (χ0n) is 10.9. The summed E-state index contributed by atoms with van der Waals surface area (Å²) in [6.07, 6.45) is 2.62. The molecule has 1 aromatic rings. The summed E-state index contributed by atoms with van der Waals surface area (Å²) in [6, 6.07) is 6.14. The average Bonchev–Trinajstić information content (AvgIpc) is 2.37. The molecule has 94 valence electrons. The molecule has 0 spiro atoms. The van der Waals surface area contributed by atoms with E-state index in [1.54, 1.807) is 0 Å². The number of likely N-dealkylation sites (tertiary alicyclic amines) is 1. The van der Waals surface area contributed by atoms with Crippen LogP contribution in [0.1, 0.15) is 25.5 Å². The number of anilines is 1. The van der Waals surface area contributed by atoms with Gasteiger partial charge in [0, 0.05) is 12.2 Å². The van der Waals surface area contributed by atoms with Crippen LogP contribution in [-0.4, -0.2) is 36.1 Å². The van der Waals surface area contributed by atoms with Crippen LogP contribution < -0.4 is 5.32 Å². The third-order valence-electron chi connectivity index (χ3n) is 3.61. The summed E-state index contributed by atoms with van der Waals surface area (Å²) in [5.41, 5.74) is 1.08. The van der Waals surface area contributed by atoms with Crippen molar-refractivity contribution in [1.29, 1.82) is 0 Å². The lowest BCUT2D eigenvalue weighted by Crippen LogP contribution is -2.35. The highest BCUT2D eigenvalue weighted by molar-refractivity contribution is 5.35. The van der Waals surface area contributed by atoms with Crippen molar-refractivity contribution in [2.75, 3.05) is 31.5 Å². The van der Waals surface area contributed by atoms with Crippen molar-refractivity contribution in [3.63, 3.8) is 0 Å². The number of hydrogen-bond donors (Lipinski definition) is 1. The lowest BCUT2D eigenvalue weighted by atomic mass is 9.97. The van der Waals surface area contributed by atoms with E-state index in [1.165, 1.54) is 32.5 Å². The Morgan fingerprint density at radius 3 is 2.76 bits per heavy atom. The van der Waals surface area contributed by atoms with Gasteiger partial charge in [-0.3, -0.25) is 0 Å².